The Morgan fingerprint density at radius 3 is 2.40 bits per heavy atom. The van der Waals surface area contributed by atoms with Crippen molar-refractivity contribution in [3.8, 4) is 0 Å². The molecule has 2 heterocycles. The molecule has 1 saturated heterocycles. The van der Waals surface area contributed by atoms with E-state index in [2.05, 4.69) is 14.6 Å². The number of aromatic nitrogens is 1. The van der Waals surface area contributed by atoms with Gasteiger partial charge in [0.25, 0.3) is 0 Å². The fourth-order valence-electron chi connectivity index (χ4n) is 5.13. The standard InChI is InChI=1S/C26H26Cl3N3O2S/c27-19-4-7-21(8-5-19)32-17-18(3-10-25(32)23-9-6-20(28)14-24(23)29)15-26(11-12-26)31-35(33,34)22-2-1-13-30-16-22/h1-2,4-9,13-14,16,18,25,31H,3,10-12,15,17H2/t18-,25-/m0/s1. The summed E-state index contributed by atoms with van der Waals surface area (Å²) in [7, 11) is -3.61. The molecule has 0 bridgehead atoms. The summed E-state index contributed by atoms with van der Waals surface area (Å²) in [5, 5.41) is 1.95. The van der Waals surface area contributed by atoms with E-state index in [4.69, 9.17) is 34.8 Å². The van der Waals surface area contributed by atoms with Crippen LogP contribution in [0.4, 0.5) is 5.69 Å². The van der Waals surface area contributed by atoms with E-state index in [9.17, 15) is 8.42 Å². The third kappa shape index (κ3) is 5.62. The average molecular weight is 551 g/mol. The minimum Gasteiger partial charge on any atom is -0.364 e. The van der Waals surface area contributed by atoms with Crippen molar-refractivity contribution in [1.29, 1.82) is 0 Å². The summed E-state index contributed by atoms with van der Waals surface area (Å²) in [6.07, 6.45) is 7.32. The molecule has 3 aromatic rings. The molecule has 2 atom stereocenters. The van der Waals surface area contributed by atoms with E-state index in [1.54, 1.807) is 24.4 Å². The molecule has 1 saturated carbocycles. The normalized spacial score (nSPS) is 21.6. The quantitative estimate of drug-likeness (QED) is 0.347. The van der Waals surface area contributed by atoms with Crippen LogP contribution in [0.15, 0.2) is 71.9 Å². The molecule has 0 unspecified atom stereocenters. The molecule has 1 aliphatic carbocycles. The number of benzene rings is 2. The SMILES string of the molecule is O=S(=O)(NC1(C[C@@H]2CC[C@@H](c3ccc(Cl)cc3Cl)N(c3ccc(Cl)cc3)C2)CC1)c1cccnc1. The second kappa shape index (κ2) is 9.91. The molecule has 1 N–H and O–H groups in total. The van der Waals surface area contributed by atoms with Crippen molar-refractivity contribution in [2.75, 3.05) is 11.4 Å². The van der Waals surface area contributed by atoms with Crippen LogP contribution in [0, 0.1) is 5.92 Å². The van der Waals surface area contributed by atoms with Crippen LogP contribution in [0.1, 0.15) is 43.7 Å². The summed E-state index contributed by atoms with van der Waals surface area (Å²) in [4.78, 5) is 6.53. The number of anilines is 1. The molecule has 5 rings (SSSR count). The minimum absolute atomic E-state index is 0.0967. The first kappa shape index (κ1) is 24.8. The zero-order valence-corrected chi connectivity index (χ0v) is 22.1. The monoisotopic (exact) mass is 549 g/mol. The van der Waals surface area contributed by atoms with Crippen LogP contribution in [0.5, 0.6) is 0 Å². The molecule has 1 aliphatic heterocycles. The summed E-state index contributed by atoms with van der Waals surface area (Å²) < 4.78 is 28.9. The highest BCUT2D eigenvalue weighted by Gasteiger charge is 2.48. The van der Waals surface area contributed by atoms with Gasteiger partial charge in [0.1, 0.15) is 4.90 Å². The van der Waals surface area contributed by atoms with Gasteiger partial charge in [-0.15, -0.1) is 0 Å². The van der Waals surface area contributed by atoms with Crippen LogP contribution < -0.4 is 9.62 Å². The lowest BCUT2D eigenvalue weighted by molar-refractivity contribution is 0.309. The van der Waals surface area contributed by atoms with Crippen molar-refractivity contribution in [3.63, 3.8) is 0 Å². The van der Waals surface area contributed by atoms with E-state index in [0.717, 1.165) is 49.9 Å². The largest absolute Gasteiger partial charge is 0.364 e. The van der Waals surface area contributed by atoms with Crippen molar-refractivity contribution in [2.45, 2.75) is 48.6 Å². The Morgan fingerprint density at radius 1 is 1.00 bits per heavy atom. The van der Waals surface area contributed by atoms with E-state index in [-0.39, 0.29) is 10.9 Å². The number of pyridine rings is 1. The molecule has 184 valence electrons. The Bertz CT molecular complexity index is 1300. The molecule has 0 amide bonds. The Kier molecular flexibility index (Phi) is 7.03. The maximum atomic E-state index is 12.9. The van der Waals surface area contributed by atoms with Gasteiger partial charge in [0.05, 0.1) is 6.04 Å². The van der Waals surface area contributed by atoms with Crippen molar-refractivity contribution < 1.29 is 8.42 Å². The number of hydrogen-bond acceptors (Lipinski definition) is 4. The zero-order chi connectivity index (χ0) is 24.6. The number of piperidine rings is 1. The Morgan fingerprint density at radius 2 is 1.74 bits per heavy atom. The van der Waals surface area contributed by atoms with Crippen LogP contribution in [0.2, 0.25) is 15.1 Å². The highest BCUT2D eigenvalue weighted by Crippen LogP contribution is 2.47. The highest BCUT2D eigenvalue weighted by molar-refractivity contribution is 7.89. The molecular weight excluding hydrogens is 525 g/mol. The fraction of sp³-hybridized carbons (Fsp3) is 0.346. The van der Waals surface area contributed by atoms with Crippen LogP contribution in [-0.4, -0.2) is 25.5 Å². The number of nitrogens with zero attached hydrogens (tertiary/aromatic N) is 2. The number of halogens is 3. The molecule has 35 heavy (non-hydrogen) atoms. The maximum absolute atomic E-state index is 12.9. The van der Waals surface area contributed by atoms with E-state index in [1.807, 2.05) is 36.4 Å². The summed E-state index contributed by atoms with van der Waals surface area (Å²) in [5.74, 6) is 0.326. The number of sulfonamides is 1. The van der Waals surface area contributed by atoms with Crippen molar-refractivity contribution >= 4 is 50.5 Å². The molecule has 9 heteroatoms. The van der Waals surface area contributed by atoms with E-state index >= 15 is 0 Å². The third-order valence-corrected chi connectivity index (χ3v) is 9.37. The number of rotatable bonds is 7. The highest BCUT2D eigenvalue weighted by atomic mass is 35.5. The lowest BCUT2D eigenvalue weighted by atomic mass is 9.84. The topological polar surface area (TPSA) is 62.3 Å². The predicted octanol–water partition coefficient (Wildman–Crippen LogP) is 6.90. The van der Waals surface area contributed by atoms with Gasteiger partial charge < -0.3 is 4.90 Å². The second-order valence-electron chi connectivity index (χ2n) is 9.53. The molecule has 5 nitrogen and oxygen atoms in total. The molecule has 2 aromatic carbocycles. The van der Waals surface area contributed by atoms with Crippen LogP contribution in [0.25, 0.3) is 0 Å². The number of hydrogen-bond donors (Lipinski definition) is 1. The second-order valence-corrected chi connectivity index (χ2v) is 12.5. The molecular formula is C26H26Cl3N3O2S. The summed E-state index contributed by atoms with van der Waals surface area (Å²) in [6, 6.07) is 16.8. The minimum atomic E-state index is -3.61. The molecule has 0 radical (unpaired) electrons. The lowest BCUT2D eigenvalue weighted by Crippen LogP contribution is -2.43. The summed E-state index contributed by atoms with van der Waals surface area (Å²) in [5.41, 5.74) is 1.72. The van der Waals surface area contributed by atoms with Crippen LogP contribution in [0.3, 0.4) is 0 Å². The van der Waals surface area contributed by atoms with E-state index in [0.29, 0.717) is 21.0 Å². The lowest BCUT2D eigenvalue weighted by Gasteiger charge is -2.43. The van der Waals surface area contributed by atoms with Gasteiger partial charge in [-0.05, 0) is 92.1 Å². The first-order chi connectivity index (χ1) is 16.7. The van der Waals surface area contributed by atoms with Gasteiger partial charge in [-0.1, -0.05) is 40.9 Å². The van der Waals surface area contributed by atoms with Gasteiger partial charge >= 0.3 is 0 Å². The smallest absolute Gasteiger partial charge is 0.242 e. The van der Waals surface area contributed by atoms with Crippen LogP contribution >= 0.6 is 34.8 Å². The fourth-order valence-corrected chi connectivity index (χ4v) is 7.22. The Balaban J connectivity index is 1.37. The average Bonchev–Trinajstić information content (AvgIpc) is 3.58. The first-order valence-corrected chi connectivity index (χ1v) is 14.3. The van der Waals surface area contributed by atoms with Crippen molar-refractivity contribution in [2.24, 2.45) is 5.92 Å². The van der Waals surface area contributed by atoms with Crippen molar-refractivity contribution in [1.82, 2.24) is 9.71 Å². The summed E-state index contributed by atoms with van der Waals surface area (Å²) >= 11 is 18.9. The predicted molar refractivity (Wildman–Crippen MR) is 142 cm³/mol. The Hall–Kier alpha value is -1.83. The zero-order valence-electron chi connectivity index (χ0n) is 19.0. The van der Waals surface area contributed by atoms with Gasteiger partial charge in [-0.3, -0.25) is 4.98 Å². The van der Waals surface area contributed by atoms with Crippen LogP contribution in [-0.2, 0) is 10.0 Å². The third-order valence-electron chi connectivity index (χ3n) is 6.99. The molecule has 1 aromatic heterocycles. The van der Waals surface area contributed by atoms with Gasteiger partial charge in [-0.25, -0.2) is 13.1 Å². The molecule has 0 spiro atoms. The first-order valence-electron chi connectivity index (χ1n) is 11.7. The van der Waals surface area contributed by atoms with Crippen molar-refractivity contribution in [3.05, 3.63) is 87.6 Å². The molecule has 2 aliphatic rings. The van der Waals surface area contributed by atoms with Gasteiger partial charge in [0.2, 0.25) is 10.0 Å². The number of nitrogens with one attached hydrogen (secondary N) is 1. The maximum Gasteiger partial charge on any atom is 0.242 e. The van der Waals surface area contributed by atoms with Gasteiger partial charge in [-0.2, -0.15) is 0 Å². The van der Waals surface area contributed by atoms with E-state index in [1.165, 1.54) is 6.20 Å². The van der Waals surface area contributed by atoms with Gasteiger partial charge in [0, 0.05) is 45.2 Å². The molecule has 2 fully saturated rings. The van der Waals surface area contributed by atoms with Gasteiger partial charge in [0.15, 0.2) is 0 Å². The summed E-state index contributed by atoms with van der Waals surface area (Å²) in [6.45, 7) is 0.793. The Labute approximate surface area is 221 Å². The van der Waals surface area contributed by atoms with E-state index < -0.39 is 15.6 Å².